The van der Waals surface area contributed by atoms with Gasteiger partial charge in [-0.25, -0.2) is 9.67 Å². The number of carboxylic acid groups (broad SMARTS) is 1. The van der Waals surface area contributed by atoms with Crippen molar-refractivity contribution in [3.05, 3.63) is 35.2 Å². The summed E-state index contributed by atoms with van der Waals surface area (Å²) in [6.07, 6.45) is 4.30. The molecule has 3 aliphatic heterocycles. The molecule has 0 amide bonds. The first-order valence-corrected chi connectivity index (χ1v) is 10.7. The topological polar surface area (TPSA) is 89.7 Å². The van der Waals surface area contributed by atoms with Gasteiger partial charge >= 0.3 is 0 Å². The SMILES string of the molecule is CN1CCC(n2nc(C3CCOCC3)nc2-c2cccc3c2COC3)CC1.O=CO. The van der Waals surface area contributed by atoms with Crippen LogP contribution in [0.25, 0.3) is 11.4 Å². The summed E-state index contributed by atoms with van der Waals surface area (Å²) >= 11 is 0. The first-order chi connectivity index (χ1) is 14.7. The van der Waals surface area contributed by atoms with Crippen molar-refractivity contribution in [3.8, 4) is 11.4 Å². The smallest absolute Gasteiger partial charge is 0.290 e. The number of benzene rings is 1. The number of ether oxygens (including phenoxy) is 2. The summed E-state index contributed by atoms with van der Waals surface area (Å²) in [7, 11) is 2.20. The minimum absolute atomic E-state index is 0.250. The van der Waals surface area contributed by atoms with Crippen LogP contribution in [0.4, 0.5) is 0 Å². The molecule has 0 saturated carbocycles. The van der Waals surface area contributed by atoms with Crippen LogP contribution in [0.3, 0.4) is 0 Å². The molecule has 8 nitrogen and oxygen atoms in total. The summed E-state index contributed by atoms with van der Waals surface area (Å²) < 4.78 is 13.5. The van der Waals surface area contributed by atoms with Gasteiger partial charge in [0.15, 0.2) is 11.6 Å². The third-order valence-corrected chi connectivity index (χ3v) is 6.29. The van der Waals surface area contributed by atoms with Crippen LogP contribution in [0.15, 0.2) is 18.2 Å². The Labute approximate surface area is 176 Å². The molecule has 2 saturated heterocycles. The molecule has 1 N–H and O–H groups in total. The molecule has 8 heteroatoms. The van der Waals surface area contributed by atoms with Crippen LogP contribution in [-0.4, -0.2) is 64.6 Å². The van der Waals surface area contributed by atoms with Crippen molar-refractivity contribution in [2.45, 2.75) is 50.9 Å². The van der Waals surface area contributed by atoms with Crippen molar-refractivity contribution >= 4 is 6.47 Å². The van der Waals surface area contributed by atoms with Gasteiger partial charge in [-0.1, -0.05) is 18.2 Å². The van der Waals surface area contributed by atoms with Crippen molar-refractivity contribution in [1.29, 1.82) is 0 Å². The second kappa shape index (κ2) is 9.68. The molecule has 4 heterocycles. The Morgan fingerprint density at radius 3 is 2.57 bits per heavy atom. The summed E-state index contributed by atoms with van der Waals surface area (Å²) in [6.45, 7) is 5.00. The highest BCUT2D eigenvalue weighted by atomic mass is 16.5. The summed E-state index contributed by atoms with van der Waals surface area (Å²) in [5, 5.41) is 12.0. The highest BCUT2D eigenvalue weighted by Gasteiger charge is 2.29. The molecule has 0 unspecified atom stereocenters. The maximum Gasteiger partial charge on any atom is 0.290 e. The van der Waals surface area contributed by atoms with E-state index in [4.69, 9.17) is 29.5 Å². The fourth-order valence-electron chi connectivity index (χ4n) is 4.56. The number of aromatic nitrogens is 3. The molecule has 0 spiro atoms. The molecular formula is C22H30N4O4. The van der Waals surface area contributed by atoms with Crippen LogP contribution in [0.1, 0.15) is 54.6 Å². The number of carbonyl (C=O) groups is 1. The molecule has 1 aromatic carbocycles. The van der Waals surface area contributed by atoms with Crippen LogP contribution in [-0.2, 0) is 27.5 Å². The quantitative estimate of drug-likeness (QED) is 0.773. The maximum atomic E-state index is 8.36. The molecule has 1 aromatic heterocycles. The van der Waals surface area contributed by atoms with E-state index in [9.17, 15) is 0 Å². The third-order valence-electron chi connectivity index (χ3n) is 6.29. The Bertz CT molecular complexity index is 855. The lowest BCUT2D eigenvalue weighted by molar-refractivity contribution is -0.122. The predicted molar refractivity (Wildman–Crippen MR) is 111 cm³/mol. The minimum Gasteiger partial charge on any atom is -0.483 e. The fourth-order valence-corrected chi connectivity index (χ4v) is 4.56. The lowest BCUT2D eigenvalue weighted by Gasteiger charge is -2.29. The second-order valence-electron chi connectivity index (χ2n) is 8.20. The lowest BCUT2D eigenvalue weighted by atomic mass is 9.99. The Morgan fingerprint density at radius 2 is 1.83 bits per heavy atom. The Kier molecular flexibility index (Phi) is 6.76. The van der Waals surface area contributed by atoms with Crippen LogP contribution >= 0.6 is 0 Å². The number of piperidine rings is 1. The van der Waals surface area contributed by atoms with E-state index in [0.717, 1.165) is 63.6 Å². The van der Waals surface area contributed by atoms with E-state index in [-0.39, 0.29) is 6.47 Å². The molecule has 162 valence electrons. The van der Waals surface area contributed by atoms with E-state index in [2.05, 4.69) is 34.8 Å². The van der Waals surface area contributed by atoms with Gasteiger partial charge in [0.05, 0.1) is 19.3 Å². The van der Waals surface area contributed by atoms with E-state index >= 15 is 0 Å². The van der Waals surface area contributed by atoms with E-state index in [1.54, 1.807) is 0 Å². The van der Waals surface area contributed by atoms with Gasteiger partial charge in [0.1, 0.15) is 0 Å². The Balaban J connectivity index is 0.000000687. The van der Waals surface area contributed by atoms with Crippen molar-refractivity contribution in [2.75, 3.05) is 33.4 Å². The predicted octanol–water partition coefficient (Wildman–Crippen LogP) is 2.84. The molecule has 0 bridgehead atoms. The largest absolute Gasteiger partial charge is 0.483 e. The van der Waals surface area contributed by atoms with Crippen molar-refractivity contribution in [3.63, 3.8) is 0 Å². The van der Waals surface area contributed by atoms with Crippen molar-refractivity contribution < 1.29 is 19.4 Å². The number of hydrogen-bond acceptors (Lipinski definition) is 6. The van der Waals surface area contributed by atoms with E-state index < -0.39 is 0 Å². The van der Waals surface area contributed by atoms with Crippen LogP contribution in [0.5, 0.6) is 0 Å². The average molecular weight is 415 g/mol. The molecule has 2 aromatic rings. The standard InChI is InChI=1S/C21H28N4O2.CH2O2/c1-24-9-5-17(6-10-24)25-21(18-4-2-3-16-13-27-14-19(16)18)22-20(23-25)15-7-11-26-12-8-15;2-1-3/h2-4,15,17H,5-14H2,1H3;1H,(H,2,3). The van der Waals surface area contributed by atoms with Gasteiger partial charge in [0.2, 0.25) is 0 Å². The molecule has 5 rings (SSSR count). The summed E-state index contributed by atoms with van der Waals surface area (Å²) in [5.74, 6) is 2.45. The molecule has 0 aliphatic carbocycles. The number of nitrogens with zero attached hydrogens (tertiary/aromatic N) is 4. The van der Waals surface area contributed by atoms with Crippen molar-refractivity contribution in [1.82, 2.24) is 19.7 Å². The van der Waals surface area contributed by atoms with Gasteiger partial charge < -0.3 is 19.5 Å². The van der Waals surface area contributed by atoms with Gasteiger partial charge in [-0.3, -0.25) is 4.79 Å². The Morgan fingerprint density at radius 1 is 1.10 bits per heavy atom. The monoisotopic (exact) mass is 414 g/mol. The summed E-state index contributed by atoms with van der Waals surface area (Å²) in [4.78, 5) is 15.9. The highest BCUT2D eigenvalue weighted by Crippen LogP contribution is 2.35. The average Bonchev–Trinajstić information content (AvgIpc) is 3.43. The first-order valence-electron chi connectivity index (χ1n) is 10.7. The second-order valence-corrected chi connectivity index (χ2v) is 8.20. The summed E-state index contributed by atoms with van der Waals surface area (Å²) in [5.41, 5.74) is 3.78. The number of rotatable bonds is 3. The molecule has 0 atom stereocenters. The lowest BCUT2D eigenvalue weighted by Crippen LogP contribution is -2.32. The fraction of sp³-hybridized carbons (Fsp3) is 0.591. The minimum atomic E-state index is -0.250. The van der Waals surface area contributed by atoms with Crippen LogP contribution in [0.2, 0.25) is 0 Å². The van der Waals surface area contributed by atoms with E-state index in [0.29, 0.717) is 25.2 Å². The van der Waals surface area contributed by atoms with E-state index in [1.165, 1.54) is 16.7 Å². The van der Waals surface area contributed by atoms with Gasteiger partial charge in [-0.15, -0.1) is 0 Å². The van der Waals surface area contributed by atoms with Gasteiger partial charge in [-0.2, -0.15) is 5.10 Å². The molecular weight excluding hydrogens is 384 g/mol. The first kappa shape index (κ1) is 21.0. The van der Waals surface area contributed by atoms with Crippen molar-refractivity contribution in [2.24, 2.45) is 0 Å². The molecule has 30 heavy (non-hydrogen) atoms. The van der Waals surface area contributed by atoms with Crippen LogP contribution in [0, 0.1) is 0 Å². The van der Waals surface area contributed by atoms with Gasteiger partial charge in [0, 0.05) is 24.7 Å². The zero-order valence-corrected chi connectivity index (χ0v) is 17.5. The van der Waals surface area contributed by atoms with E-state index in [1.807, 2.05) is 0 Å². The Hall–Kier alpha value is -2.29. The number of fused-ring (bicyclic) bond motifs is 1. The zero-order valence-electron chi connectivity index (χ0n) is 17.5. The van der Waals surface area contributed by atoms with Crippen LogP contribution < -0.4 is 0 Å². The van der Waals surface area contributed by atoms with Gasteiger partial charge in [0.25, 0.3) is 6.47 Å². The molecule has 3 aliphatic rings. The highest BCUT2D eigenvalue weighted by molar-refractivity contribution is 5.63. The summed E-state index contributed by atoms with van der Waals surface area (Å²) in [6, 6.07) is 6.92. The molecule has 0 radical (unpaired) electrons. The van der Waals surface area contributed by atoms with Gasteiger partial charge in [-0.05, 0) is 56.9 Å². The molecule has 2 fully saturated rings. The number of likely N-dealkylation sites (tertiary alicyclic amines) is 1. The maximum absolute atomic E-state index is 8.36. The number of hydrogen-bond donors (Lipinski definition) is 1. The zero-order chi connectivity index (χ0) is 20.9. The third kappa shape index (κ3) is 4.40. The normalized spacial score (nSPS) is 20.4.